The highest BCUT2D eigenvalue weighted by Crippen LogP contribution is 2.42. The average Bonchev–Trinajstić information content (AvgIpc) is 3.16. The predicted octanol–water partition coefficient (Wildman–Crippen LogP) is 3.71. The molecule has 2 N–H and O–H groups in total. The molecule has 1 saturated carbocycles. The largest absolute Gasteiger partial charge is 0.369 e. The van der Waals surface area contributed by atoms with Crippen molar-refractivity contribution in [2.24, 2.45) is 23.0 Å². The van der Waals surface area contributed by atoms with Gasteiger partial charge < -0.3 is 10.6 Å². The first-order chi connectivity index (χ1) is 13.0. The number of hydrogen-bond donors (Lipinski definition) is 1. The van der Waals surface area contributed by atoms with Gasteiger partial charge in [0.15, 0.2) is 0 Å². The van der Waals surface area contributed by atoms with E-state index >= 15 is 0 Å². The summed E-state index contributed by atoms with van der Waals surface area (Å²) < 4.78 is 0. The molecular weight excluding hydrogens is 356 g/mol. The molecule has 0 radical (unpaired) electrons. The highest BCUT2D eigenvalue weighted by Gasteiger charge is 2.47. The lowest BCUT2D eigenvalue weighted by molar-refractivity contribution is -0.141. The second-order valence-corrected chi connectivity index (χ2v) is 9.13. The first-order valence-electron chi connectivity index (χ1n) is 9.70. The van der Waals surface area contributed by atoms with Crippen LogP contribution in [0.1, 0.15) is 31.7 Å². The summed E-state index contributed by atoms with van der Waals surface area (Å²) in [4.78, 5) is 28.3. The lowest BCUT2D eigenvalue weighted by Crippen LogP contribution is -2.53. The number of nitrogens with zero attached hydrogens (tertiary/aromatic N) is 1. The second-order valence-electron chi connectivity index (χ2n) is 8.18. The standard InChI is InChI=1S/C22H26N2O2S/c1-15-11-18(15)20(25)24-9-4-8-22(14-24,21(23)26)13-16-5-2-6-17(12-16)19-7-3-10-27-19/h2-3,5-7,10,12,15,18H,4,8-9,11,13-14H2,1H3,(H2,23,26). The maximum Gasteiger partial charge on any atom is 0.225 e. The van der Waals surface area contributed by atoms with E-state index in [-0.39, 0.29) is 17.7 Å². The third kappa shape index (κ3) is 3.65. The van der Waals surface area contributed by atoms with Gasteiger partial charge >= 0.3 is 0 Å². The summed E-state index contributed by atoms with van der Waals surface area (Å²) in [6, 6.07) is 12.5. The van der Waals surface area contributed by atoms with Crippen molar-refractivity contribution in [3.8, 4) is 10.4 Å². The van der Waals surface area contributed by atoms with E-state index in [1.165, 1.54) is 4.88 Å². The van der Waals surface area contributed by atoms with Gasteiger partial charge in [0.2, 0.25) is 11.8 Å². The van der Waals surface area contributed by atoms with Crippen molar-refractivity contribution in [3.63, 3.8) is 0 Å². The van der Waals surface area contributed by atoms with Crippen LogP contribution in [0.25, 0.3) is 10.4 Å². The van der Waals surface area contributed by atoms with Crippen molar-refractivity contribution in [2.45, 2.75) is 32.6 Å². The molecule has 3 unspecified atom stereocenters. The minimum Gasteiger partial charge on any atom is -0.369 e. The molecule has 5 heteroatoms. The van der Waals surface area contributed by atoms with Crippen LogP contribution in [0.2, 0.25) is 0 Å². The van der Waals surface area contributed by atoms with E-state index in [9.17, 15) is 9.59 Å². The molecular formula is C22H26N2O2S. The summed E-state index contributed by atoms with van der Waals surface area (Å²) in [6.07, 6.45) is 3.14. The number of hydrogen-bond acceptors (Lipinski definition) is 3. The molecule has 2 heterocycles. The molecule has 1 aliphatic carbocycles. The fourth-order valence-electron chi connectivity index (χ4n) is 4.32. The van der Waals surface area contributed by atoms with E-state index in [0.717, 1.165) is 36.9 Å². The molecule has 2 aromatic rings. The smallest absolute Gasteiger partial charge is 0.225 e. The van der Waals surface area contributed by atoms with Gasteiger partial charge in [0.1, 0.15) is 0 Å². The third-order valence-electron chi connectivity index (χ3n) is 6.11. The molecule has 0 bridgehead atoms. The molecule has 4 rings (SSSR count). The van der Waals surface area contributed by atoms with E-state index in [4.69, 9.17) is 5.73 Å². The Labute approximate surface area is 164 Å². The van der Waals surface area contributed by atoms with E-state index in [0.29, 0.717) is 18.9 Å². The van der Waals surface area contributed by atoms with Crippen LogP contribution in [0.4, 0.5) is 0 Å². The number of carbonyl (C=O) groups excluding carboxylic acids is 2. The quantitative estimate of drug-likeness (QED) is 0.857. The van der Waals surface area contributed by atoms with Crippen LogP contribution in [0.5, 0.6) is 0 Å². The number of benzene rings is 1. The summed E-state index contributed by atoms with van der Waals surface area (Å²) >= 11 is 1.71. The SMILES string of the molecule is CC1CC1C(=O)N1CCCC(Cc2cccc(-c3cccs3)c2)(C(N)=O)C1. The van der Waals surface area contributed by atoms with Crippen molar-refractivity contribution in [1.29, 1.82) is 0 Å². The van der Waals surface area contributed by atoms with Crippen molar-refractivity contribution < 1.29 is 9.59 Å². The number of amides is 2. The number of piperidine rings is 1. The minimum absolute atomic E-state index is 0.149. The molecule has 3 atom stereocenters. The lowest BCUT2D eigenvalue weighted by Gasteiger charge is -2.41. The van der Waals surface area contributed by atoms with Crippen LogP contribution in [0.15, 0.2) is 41.8 Å². The Balaban J connectivity index is 1.56. The number of likely N-dealkylation sites (tertiary alicyclic amines) is 1. The fraction of sp³-hybridized carbons (Fsp3) is 0.455. The minimum atomic E-state index is -0.667. The Morgan fingerprint density at radius 3 is 2.78 bits per heavy atom. The van der Waals surface area contributed by atoms with Crippen molar-refractivity contribution >= 4 is 23.2 Å². The summed E-state index contributed by atoms with van der Waals surface area (Å²) in [7, 11) is 0. The van der Waals surface area contributed by atoms with Gasteiger partial charge in [0.05, 0.1) is 5.41 Å². The van der Waals surface area contributed by atoms with Crippen LogP contribution >= 0.6 is 11.3 Å². The second kappa shape index (κ2) is 7.12. The zero-order valence-electron chi connectivity index (χ0n) is 15.7. The van der Waals surface area contributed by atoms with Crippen molar-refractivity contribution in [3.05, 3.63) is 47.3 Å². The fourth-order valence-corrected chi connectivity index (χ4v) is 5.05. The van der Waals surface area contributed by atoms with Crippen LogP contribution in [-0.4, -0.2) is 29.8 Å². The average molecular weight is 383 g/mol. The van der Waals surface area contributed by atoms with Gasteiger partial charge in [0.25, 0.3) is 0 Å². The molecule has 27 heavy (non-hydrogen) atoms. The first kappa shape index (κ1) is 18.2. The molecule has 0 spiro atoms. The molecule has 1 saturated heterocycles. The molecule has 2 amide bonds. The highest BCUT2D eigenvalue weighted by atomic mass is 32.1. The van der Waals surface area contributed by atoms with Crippen molar-refractivity contribution in [1.82, 2.24) is 4.90 Å². The zero-order valence-corrected chi connectivity index (χ0v) is 16.5. The zero-order chi connectivity index (χ0) is 19.0. The normalized spacial score (nSPS) is 27.4. The lowest BCUT2D eigenvalue weighted by atomic mass is 9.74. The Hall–Kier alpha value is -2.14. The highest BCUT2D eigenvalue weighted by molar-refractivity contribution is 7.13. The van der Waals surface area contributed by atoms with Gasteiger partial charge in [0, 0.05) is 23.9 Å². The Morgan fingerprint density at radius 2 is 2.11 bits per heavy atom. The number of thiophene rings is 1. The molecule has 4 nitrogen and oxygen atoms in total. The van der Waals surface area contributed by atoms with E-state index in [2.05, 4.69) is 36.6 Å². The van der Waals surface area contributed by atoms with Gasteiger partial charge in [-0.1, -0.05) is 37.3 Å². The van der Waals surface area contributed by atoms with Gasteiger partial charge in [-0.25, -0.2) is 0 Å². The predicted molar refractivity (Wildman–Crippen MR) is 108 cm³/mol. The van der Waals surface area contributed by atoms with Gasteiger partial charge in [-0.05, 0) is 54.2 Å². The number of rotatable bonds is 5. The third-order valence-corrected chi connectivity index (χ3v) is 7.03. The van der Waals surface area contributed by atoms with Crippen LogP contribution in [-0.2, 0) is 16.0 Å². The number of carbonyl (C=O) groups is 2. The Bertz CT molecular complexity index is 848. The summed E-state index contributed by atoms with van der Waals surface area (Å²) in [5.74, 6) is 0.547. The summed E-state index contributed by atoms with van der Waals surface area (Å²) in [6.45, 7) is 3.31. The maximum absolute atomic E-state index is 12.7. The van der Waals surface area contributed by atoms with E-state index in [1.54, 1.807) is 11.3 Å². The first-order valence-corrected chi connectivity index (χ1v) is 10.6. The summed E-state index contributed by atoms with van der Waals surface area (Å²) in [5.41, 5.74) is 7.49. The molecule has 1 aliphatic heterocycles. The number of nitrogens with two attached hydrogens (primary N) is 1. The van der Waals surface area contributed by atoms with Crippen LogP contribution in [0.3, 0.4) is 0 Å². The molecule has 1 aromatic carbocycles. The Morgan fingerprint density at radius 1 is 1.30 bits per heavy atom. The van der Waals surface area contributed by atoms with Crippen molar-refractivity contribution in [2.75, 3.05) is 13.1 Å². The topological polar surface area (TPSA) is 63.4 Å². The van der Waals surface area contributed by atoms with E-state index < -0.39 is 5.41 Å². The molecule has 142 valence electrons. The van der Waals surface area contributed by atoms with E-state index in [1.807, 2.05) is 17.0 Å². The monoisotopic (exact) mass is 382 g/mol. The van der Waals surface area contributed by atoms with Gasteiger partial charge in [-0.2, -0.15) is 0 Å². The molecule has 2 aliphatic rings. The summed E-state index contributed by atoms with van der Waals surface area (Å²) in [5, 5.41) is 2.07. The van der Waals surface area contributed by atoms with Crippen LogP contribution < -0.4 is 5.73 Å². The number of primary amides is 1. The van der Waals surface area contributed by atoms with Gasteiger partial charge in [-0.15, -0.1) is 11.3 Å². The molecule has 1 aromatic heterocycles. The van der Waals surface area contributed by atoms with Crippen LogP contribution in [0, 0.1) is 17.3 Å². The van der Waals surface area contributed by atoms with Gasteiger partial charge in [-0.3, -0.25) is 9.59 Å². The maximum atomic E-state index is 12.7. The Kier molecular flexibility index (Phi) is 4.81. The molecule has 2 fully saturated rings.